The highest BCUT2D eigenvalue weighted by atomic mass is 35.5. The molecule has 1 spiro atoms. The maximum Gasteiger partial charge on any atom is 0.328 e. The van der Waals surface area contributed by atoms with E-state index < -0.39 is 0 Å². The number of rotatable bonds is 1. The van der Waals surface area contributed by atoms with Crippen molar-refractivity contribution in [2.75, 3.05) is 6.61 Å². The van der Waals surface area contributed by atoms with E-state index in [9.17, 15) is 4.79 Å². The first-order valence-electron chi connectivity index (χ1n) is 9.72. The number of hydrogen-bond acceptors (Lipinski definition) is 4. The molecule has 2 aliphatic rings. The van der Waals surface area contributed by atoms with E-state index in [0.717, 1.165) is 41.2 Å². The zero-order valence-corrected chi connectivity index (χ0v) is 17.9. The summed E-state index contributed by atoms with van der Waals surface area (Å²) in [5.41, 5.74) is 4.17. The molecule has 3 atom stereocenters. The minimum absolute atomic E-state index is 0.00192. The molecule has 4 heterocycles. The van der Waals surface area contributed by atoms with E-state index in [1.165, 1.54) is 16.0 Å². The number of thiophene rings is 1. The van der Waals surface area contributed by atoms with Gasteiger partial charge < -0.3 is 10.1 Å². The lowest BCUT2D eigenvalue weighted by molar-refractivity contribution is -0.0954. The maximum atomic E-state index is 12.3. The second-order valence-corrected chi connectivity index (χ2v) is 9.86. The fourth-order valence-electron chi connectivity index (χ4n) is 5.02. The second-order valence-electron chi connectivity index (χ2n) is 8.17. The monoisotopic (exact) mass is 417 g/mol. The summed E-state index contributed by atoms with van der Waals surface area (Å²) in [7, 11) is 3.65. The molecule has 5 rings (SSSR count). The van der Waals surface area contributed by atoms with Crippen molar-refractivity contribution in [1.82, 2.24) is 14.5 Å². The number of ether oxygens (including phenoxy) is 1. The van der Waals surface area contributed by atoms with E-state index in [1.807, 2.05) is 14.1 Å². The maximum absolute atomic E-state index is 12.3. The van der Waals surface area contributed by atoms with Crippen molar-refractivity contribution in [2.24, 2.45) is 14.1 Å². The van der Waals surface area contributed by atoms with Crippen LogP contribution in [0.2, 0.25) is 4.34 Å². The van der Waals surface area contributed by atoms with Gasteiger partial charge in [-0.25, -0.2) is 4.79 Å². The quantitative estimate of drug-likeness (QED) is 0.653. The number of aromatic nitrogens is 2. The molecule has 5 nitrogen and oxygen atoms in total. The van der Waals surface area contributed by atoms with E-state index in [0.29, 0.717) is 6.04 Å². The highest BCUT2D eigenvalue weighted by molar-refractivity contribution is 7.16. The van der Waals surface area contributed by atoms with Crippen molar-refractivity contribution < 1.29 is 4.74 Å². The number of halogens is 1. The fourth-order valence-corrected chi connectivity index (χ4v) is 6.48. The summed E-state index contributed by atoms with van der Waals surface area (Å²) in [6.45, 7) is 2.96. The summed E-state index contributed by atoms with van der Waals surface area (Å²) in [5.74, 6) is 0. The van der Waals surface area contributed by atoms with Crippen molar-refractivity contribution in [1.29, 1.82) is 0 Å². The number of piperidine rings is 1. The van der Waals surface area contributed by atoms with Crippen molar-refractivity contribution in [3.05, 3.63) is 55.1 Å². The molecule has 0 amide bonds. The molecule has 7 heteroatoms. The third kappa shape index (κ3) is 2.70. The molecule has 1 N–H and O–H groups in total. The van der Waals surface area contributed by atoms with Gasteiger partial charge in [-0.05, 0) is 49.1 Å². The van der Waals surface area contributed by atoms with Gasteiger partial charge in [-0.1, -0.05) is 17.7 Å². The zero-order chi connectivity index (χ0) is 19.6. The van der Waals surface area contributed by atoms with Gasteiger partial charge in [-0.15, -0.1) is 11.3 Å². The predicted octanol–water partition coefficient (Wildman–Crippen LogP) is 3.87. The van der Waals surface area contributed by atoms with Crippen molar-refractivity contribution in [3.8, 4) is 0 Å². The fraction of sp³-hybridized carbons (Fsp3) is 0.476. The van der Waals surface area contributed by atoms with Crippen LogP contribution < -0.4 is 11.0 Å². The van der Waals surface area contributed by atoms with Crippen molar-refractivity contribution >= 4 is 34.0 Å². The average molecular weight is 418 g/mol. The summed E-state index contributed by atoms with van der Waals surface area (Å²) >= 11 is 8.02. The third-order valence-corrected chi connectivity index (χ3v) is 7.79. The van der Waals surface area contributed by atoms with Crippen LogP contribution in [-0.2, 0) is 30.9 Å². The number of nitrogens with one attached hydrogen (secondary N) is 1. The first kappa shape index (κ1) is 18.4. The normalized spacial score (nSPS) is 27.4. The second kappa shape index (κ2) is 6.46. The number of aryl methyl sites for hydroxylation is 2. The van der Waals surface area contributed by atoms with Crippen LogP contribution in [0, 0.1) is 0 Å². The van der Waals surface area contributed by atoms with Crippen LogP contribution in [0.25, 0.3) is 11.0 Å². The van der Waals surface area contributed by atoms with Crippen LogP contribution >= 0.6 is 22.9 Å². The lowest BCUT2D eigenvalue weighted by Crippen LogP contribution is -2.49. The Morgan fingerprint density at radius 3 is 2.82 bits per heavy atom. The van der Waals surface area contributed by atoms with Gasteiger partial charge >= 0.3 is 5.69 Å². The Balaban J connectivity index is 1.58. The van der Waals surface area contributed by atoms with Crippen LogP contribution in [-0.4, -0.2) is 21.8 Å². The smallest absolute Gasteiger partial charge is 0.328 e. The van der Waals surface area contributed by atoms with Crippen LogP contribution in [0.3, 0.4) is 0 Å². The molecule has 0 bridgehead atoms. The largest absolute Gasteiger partial charge is 0.369 e. The van der Waals surface area contributed by atoms with E-state index >= 15 is 0 Å². The molecule has 1 aromatic carbocycles. The van der Waals surface area contributed by atoms with Gasteiger partial charge in [0.05, 0.1) is 22.0 Å². The SMILES string of the molecule is CC1CC2(CC(c3ccc4c(c3)n(C)c(=O)n4C)N1)OCCc1cc(Cl)sc12. The predicted molar refractivity (Wildman–Crippen MR) is 113 cm³/mol. The Kier molecular flexibility index (Phi) is 4.25. The zero-order valence-electron chi connectivity index (χ0n) is 16.3. The van der Waals surface area contributed by atoms with E-state index in [1.54, 1.807) is 20.5 Å². The standard InChI is InChI=1S/C21H24ClN3O2S/c1-12-10-21(19-14(6-7-27-21)9-18(22)28-19)11-15(23-12)13-4-5-16-17(8-13)25(3)20(26)24(16)2/h4-5,8-9,12,15,23H,6-7,10-11H2,1-3H3. The lowest BCUT2D eigenvalue weighted by Gasteiger charge is -2.46. The van der Waals surface area contributed by atoms with E-state index in [2.05, 4.69) is 36.5 Å². The number of nitrogens with zero attached hydrogens (tertiary/aromatic N) is 2. The van der Waals surface area contributed by atoms with Crippen LogP contribution in [0.1, 0.15) is 41.8 Å². The molecule has 28 heavy (non-hydrogen) atoms. The topological polar surface area (TPSA) is 48.2 Å². The van der Waals surface area contributed by atoms with Crippen LogP contribution in [0.15, 0.2) is 29.1 Å². The first-order valence-corrected chi connectivity index (χ1v) is 10.9. The molecule has 1 fully saturated rings. The van der Waals surface area contributed by atoms with Gasteiger partial charge in [0, 0.05) is 37.5 Å². The van der Waals surface area contributed by atoms with Gasteiger partial charge in [0.15, 0.2) is 0 Å². The third-order valence-electron chi connectivity index (χ3n) is 6.30. The number of fused-ring (bicyclic) bond motifs is 3. The van der Waals surface area contributed by atoms with Crippen LogP contribution in [0.4, 0.5) is 0 Å². The van der Waals surface area contributed by atoms with E-state index in [4.69, 9.17) is 16.3 Å². The summed E-state index contributed by atoms with van der Waals surface area (Å²) in [6.07, 6.45) is 2.75. The summed E-state index contributed by atoms with van der Waals surface area (Å²) in [6, 6.07) is 8.92. The van der Waals surface area contributed by atoms with Gasteiger partial charge in [0.1, 0.15) is 5.60 Å². The minimum Gasteiger partial charge on any atom is -0.369 e. The number of imidazole rings is 1. The Morgan fingerprint density at radius 1 is 1.21 bits per heavy atom. The van der Waals surface area contributed by atoms with Crippen molar-refractivity contribution in [2.45, 2.75) is 43.9 Å². The molecule has 0 radical (unpaired) electrons. The Morgan fingerprint density at radius 2 is 2.00 bits per heavy atom. The molecule has 2 aromatic heterocycles. The lowest BCUT2D eigenvalue weighted by atomic mass is 9.78. The molecule has 0 saturated carbocycles. The van der Waals surface area contributed by atoms with Crippen LogP contribution in [0.5, 0.6) is 0 Å². The molecule has 148 valence electrons. The minimum atomic E-state index is -0.280. The number of benzene rings is 1. The summed E-state index contributed by atoms with van der Waals surface area (Å²) in [4.78, 5) is 13.6. The Bertz CT molecular complexity index is 1130. The molecule has 1 saturated heterocycles. The molecule has 3 unspecified atom stereocenters. The number of hydrogen-bond donors (Lipinski definition) is 1. The average Bonchev–Trinajstić information content (AvgIpc) is 3.16. The summed E-state index contributed by atoms with van der Waals surface area (Å²) < 4.78 is 10.7. The van der Waals surface area contributed by atoms with Crippen molar-refractivity contribution in [3.63, 3.8) is 0 Å². The Labute approximate surface area is 172 Å². The van der Waals surface area contributed by atoms with Gasteiger partial charge in [0.2, 0.25) is 0 Å². The Hall–Kier alpha value is -1.60. The highest BCUT2D eigenvalue weighted by Crippen LogP contribution is 2.50. The molecule has 2 aliphatic heterocycles. The highest BCUT2D eigenvalue weighted by Gasteiger charge is 2.46. The van der Waals surface area contributed by atoms with Gasteiger partial charge in [-0.3, -0.25) is 9.13 Å². The summed E-state index contributed by atoms with van der Waals surface area (Å²) in [5, 5.41) is 3.74. The molecular weight excluding hydrogens is 394 g/mol. The van der Waals surface area contributed by atoms with Gasteiger partial charge in [0.25, 0.3) is 0 Å². The van der Waals surface area contributed by atoms with E-state index in [-0.39, 0.29) is 17.3 Å². The van der Waals surface area contributed by atoms with Gasteiger partial charge in [-0.2, -0.15) is 0 Å². The molecule has 0 aliphatic carbocycles. The molecule has 3 aromatic rings. The molecular formula is C21H24ClN3O2S. The first-order chi connectivity index (χ1) is 13.4.